The zero-order chi connectivity index (χ0) is 19.3. The molecule has 0 saturated carbocycles. The number of aryl methyl sites for hydroxylation is 4. The highest BCUT2D eigenvalue weighted by molar-refractivity contribution is 9.10. The van der Waals surface area contributed by atoms with Crippen LogP contribution in [0, 0.1) is 13.8 Å². The Morgan fingerprint density at radius 1 is 1.33 bits per heavy atom. The molecule has 7 nitrogen and oxygen atoms in total. The van der Waals surface area contributed by atoms with Crippen molar-refractivity contribution in [2.75, 3.05) is 5.43 Å². The number of nitrogens with one attached hydrogen (secondary N) is 1. The highest BCUT2D eigenvalue weighted by atomic mass is 79.9. The second kappa shape index (κ2) is 6.87. The van der Waals surface area contributed by atoms with Crippen LogP contribution in [-0.2, 0) is 17.6 Å². The van der Waals surface area contributed by atoms with Gasteiger partial charge in [-0.25, -0.2) is 9.66 Å². The Labute approximate surface area is 168 Å². The molecule has 0 unspecified atom stereocenters. The summed E-state index contributed by atoms with van der Waals surface area (Å²) in [5.41, 5.74) is 4.44. The maximum Gasteiger partial charge on any atom is 0.281 e. The number of rotatable bonds is 3. The number of aromatic nitrogens is 4. The summed E-state index contributed by atoms with van der Waals surface area (Å²) in [6.45, 7) is 5.34. The van der Waals surface area contributed by atoms with Crippen molar-refractivity contribution < 1.29 is 4.79 Å². The molecule has 3 aromatic rings. The van der Waals surface area contributed by atoms with E-state index >= 15 is 0 Å². The zero-order valence-corrected chi connectivity index (χ0v) is 17.8. The van der Waals surface area contributed by atoms with Crippen LogP contribution in [0.3, 0.4) is 0 Å². The van der Waals surface area contributed by atoms with Gasteiger partial charge in [0.25, 0.3) is 11.5 Å². The molecule has 9 heteroatoms. The van der Waals surface area contributed by atoms with Gasteiger partial charge in [0.15, 0.2) is 0 Å². The number of carbonyl (C=O) groups excluding carboxylic acids is 1. The average Bonchev–Trinajstić information content (AvgIpc) is 3.17. The smallest absolute Gasteiger partial charge is 0.271 e. The van der Waals surface area contributed by atoms with E-state index in [4.69, 9.17) is 0 Å². The van der Waals surface area contributed by atoms with Crippen molar-refractivity contribution in [1.82, 2.24) is 19.4 Å². The molecule has 0 radical (unpaired) electrons. The van der Waals surface area contributed by atoms with Crippen molar-refractivity contribution in [3.8, 4) is 0 Å². The minimum absolute atomic E-state index is 0.199. The zero-order valence-electron chi connectivity index (χ0n) is 15.4. The largest absolute Gasteiger partial charge is 0.281 e. The number of hydrogen-bond acceptors (Lipinski definition) is 5. The molecule has 0 fully saturated rings. The summed E-state index contributed by atoms with van der Waals surface area (Å²) in [5, 5.41) is 4.98. The maximum absolute atomic E-state index is 13.1. The molecule has 0 bridgehead atoms. The molecule has 0 aromatic carbocycles. The van der Waals surface area contributed by atoms with Gasteiger partial charge in [0, 0.05) is 11.1 Å². The van der Waals surface area contributed by atoms with Crippen LogP contribution in [0.2, 0.25) is 0 Å². The lowest BCUT2D eigenvalue weighted by atomic mass is 9.97. The van der Waals surface area contributed by atoms with E-state index in [0.29, 0.717) is 11.2 Å². The summed E-state index contributed by atoms with van der Waals surface area (Å²) < 4.78 is 3.69. The number of amides is 1. The number of nitrogens with zero attached hydrogens (tertiary/aromatic N) is 4. The molecule has 4 rings (SSSR count). The first kappa shape index (κ1) is 18.4. The Morgan fingerprint density at radius 2 is 2.07 bits per heavy atom. The van der Waals surface area contributed by atoms with E-state index in [1.165, 1.54) is 9.55 Å². The quantitative estimate of drug-likeness (QED) is 0.665. The van der Waals surface area contributed by atoms with Crippen molar-refractivity contribution in [1.29, 1.82) is 0 Å². The van der Waals surface area contributed by atoms with Crippen LogP contribution in [0.5, 0.6) is 0 Å². The lowest BCUT2D eigenvalue weighted by Crippen LogP contribution is -2.38. The summed E-state index contributed by atoms with van der Waals surface area (Å²) in [5.74, 6) is 0.157. The van der Waals surface area contributed by atoms with Crippen molar-refractivity contribution in [2.45, 2.75) is 52.5 Å². The van der Waals surface area contributed by atoms with Crippen LogP contribution >= 0.6 is 27.3 Å². The normalized spacial score (nSPS) is 15.0. The molecule has 1 N–H and O–H groups in total. The predicted molar refractivity (Wildman–Crippen MR) is 109 cm³/mol. The van der Waals surface area contributed by atoms with E-state index < -0.39 is 6.04 Å². The third-order valence-electron chi connectivity index (χ3n) is 5.01. The topological polar surface area (TPSA) is 81.8 Å². The first-order chi connectivity index (χ1) is 12.9. The lowest BCUT2D eigenvalue weighted by Gasteiger charge is -2.16. The van der Waals surface area contributed by atoms with Crippen molar-refractivity contribution in [3.05, 3.63) is 43.0 Å². The Balaban J connectivity index is 1.71. The van der Waals surface area contributed by atoms with Gasteiger partial charge in [0.1, 0.15) is 16.7 Å². The van der Waals surface area contributed by atoms with Gasteiger partial charge in [-0.1, -0.05) is 0 Å². The van der Waals surface area contributed by atoms with E-state index in [9.17, 15) is 9.59 Å². The molecule has 1 amide bonds. The lowest BCUT2D eigenvalue weighted by molar-refractivity contribution is -0.120. The highest BCUT2D eigenvalue weighted by Gasteiger charge is 2.23. The second-order valence-electron chi connectivity index (χ2n) is 6.89. The van der Waals surface area contributed by atoms with Gasteiger partial charge in [0.05, 0.1) is 15.6 Å². The van der Waals surface area contributed by atoms with Crippen LogP contribution < -0.4 is 11.0 Å². The molecule has 142 valence electrons. The number of carbonyl (C=O) groups is 1. The van der Waals surface area contributed by atoms with E-state index in [1.807, 2.05) is 6.92 Å². The van der Waals surface area contributed by atoms with Gasteiger partial charge in [0.2, 0.25) is 0 Å². The third kappa shape index (κ3) is 3.12. The maximum atomic E-state index is 13.1. The molecular weight excluding hydrogens is 430 g/mol. The van der Waals surface area contributed by atoms with Crippen LogP contribution in [0.1, 0.15) is 47.8 Å². The molecule has 27 heavy (non-hydrogen) atoms. The van der Waals surface area contributed by atoms with Gasteiger partial charge in [-0.3, -0.25) is 19.7 Å². The second-order valence-corrected chi connectivity index (χ2v) is 8.82. The first-order valence-corrected chi connectivity index (χ1v) is 10.5. The van der Waals surface area contributed by atoms with Crippen LogP contribution in [0.4, 0.5) is 0 Å². The Hall–Kier alpha value is -2.00. The molecular formula is C18H20BrN5O2S. The van der Waals surface area contributed by atoms with Crippen LogP contribution in [0.25, 0.3) is 10.2 Å². The monoisotopic (exact) mass is 449 g/mol. The number of thiophene rings is 1. The average molecular weight is 450 g/mol. The fourth-order valence-electron chi connectivity index (χ4n) is 3.42. The fraction of sp³-hybridized carbons (Fsp3) is 0.444. The highest BCUT2D eigenvalue weighted by Crippen LogP contribution is 2.33. The molecule has 1 atom stereocenters. The van der Waals surface area contributed by atoms with E-state index in [2.05, 4.69) is 31.4 Å². The molecule has 1 aliphatic carbocycles. The number of fused-ring (bicyclic) bond motifs is 3. The van der Waals surface area contributed by atoms with Gasteiger partial charge in [-0.05, 0) is 67.9 Å². The SMILES string of the molecule is Cc1nn([C@@H](C)C(=O)Nn2c(C)nc3sc4c(c3c2=O)CCCC4)cc1Br. The first-order valence-electron chi connectivity index (χ1n) is 8.93. The van der Waals surface area contributed by atoms with E-state index in [-0.39, 0.29) is 11.5 Å². The summed E-state index contributed by atoms with van der Waals surface area (Å²) in [6, 6.07) is -0.562. The third-order valence-corrected chi connectivity index (χ3v) is 6.98. The molecule has 0 spiro atoms. The number of hydrogen-bond donors (Lipinski definition) is 1. The summed E-state index contributed by atoms with van der Waals surface area (Å²) in [7, 11) is 0. The molecule has 1 aliphatic rings. The van der Waals surface area contributed by atoms with Gasteiger partial charge in [-0.15, -0.1) is 11.3 Å². The molecule has 3 aromatic heterocycles. The standard InChI is InChI=1S/C18H20BrN5O2S/c1-9-13(19)8-23(21-9)10(2)16(25)22-24-11(3)20-17-15(18(24)26)12-6-4-5-7-14(12)27-17/h8,10H,4-7H2,1-3H3,(H,22,25)/t10-/m0/s1. The predicted octanol–water partition coefficient (Wildman–Crippen LogP) is 3.24. The van der Waals surface area contributed by atoms with Crippen LogP contribution in [0.15, 0.2) is 15.5 Å². The van der Waals surface area contributed by atoms with Gasteiger partial charge < -0.3 is 0 Å². The number of halogens is 1. The Kier molecular flexibility index (Phi) is 4.67. The van der Waals surface area contributed by atoms with Crippen molar-refractivity contribution >= 4 is 43.4 Å². The van der Waals surface area contributed by atoms with Gasteiger partial charge >= 0.3 is 0 Å². The molecule has 0 saturated heterocycles. The molecule has 3 heterocycles. The minimum atomic E-state index is -0.562. The summed E-state index contributed by atoms with van der Waals surface area (Å²) in [4.78, 5) is 32.5. The van der Waals surface area contributed by atoms with Crippen molar-refractivity contribution in [2.24, 2.45) is 0 Å². The Morgan fingerprint density at radius 3 is 2.78 bits per heavy atom. The van der Waals surface area contributed by atoms with E-state index in [0.717, 1.165) is 46.2 Å². The Bertz CT molecular complexity index is 1090. The molecule has 0 aliphatic heterocycles. The van der Waals surface area contributed by atoms with E-state index in [1.54, 1.807) is 36.1 Å². The van der Waals surface area contributed by atoms with Gasteiger partial charge in [-0.2, -0.15) is 5.10 Å². The van der Waals surface area contributed by atoms with Crippen LogP contribution in [-0.4, -0.2) is 25.3 Å². The minimum Gasteiger partial charge on any atom is -0.271 e. The summed E-state index contributed by atoms with van der Waals surface area (Å²) >= 11 is 5.01. The summed E-state index contributed by atoms with van der Waals surface area (Å²) in [6.07, 6.45) is 5.90. The fourth-order valence-corrected chi connectivity index (χ4v) is 5.01. The van der Waals surface area contributed by atoms with Crippen molar-refractivity contribution in [3.63, 3.8) is 0 Å².